The highest BCUT2D eigenvalue weighted by atomic mass is 79.9. The molecule has 0 saturated carbocycles. The Kier molecular flexibility index (Phi) is 10.9. The van der Waals surface area contributed by atoms with E-state index in [4.69, 9.17) is 9.79 Å². The van der Waals surface area contributed by atoms with E-state index in [2.05, 4.69) is 68.2 Å². The summed E-state index contributed by atoms with van der Waals surface area (Å²) < 4.78 is 14.9. The minimum absolute atomic E-state index is 0.104. The molecule has 0 rings (SSSR count). The van der Waals surface area contributed by atoms with Crippen LogP contribution in [0.25, 0.3) is 0 Å². The van der Waals surface area contributed by atoms with Crippen molar-refractivity contribution < 1.29 is 29.1 Å². The Bertz CT molecular complexity index is 316. The first-order chi connectivity index (χ1) is 9.04. The molecule has 3 atom stereocenters. The number of aliphatic hydroxyl groups excluding tert-OH is 1. The van der Waals surface area contributed by atoms with E-state index in [0.29, 0.717) is 10.7 Å². The summed E-state index contributed by atoms with van der Waals surface area (Å²) in [6.45, 7) is -0.648. The lowest BCUT2D eigenvalue weighted by atomic mass is 9.87. The van der Waals surface area contributed by atoms with E-state index < -0.39 is 26.1 Å². The number of alkyl halides is 4. The molecule has 11 heteroatoms. The van der Waals surface area contributed by atoms with Gasteiger partial charge in [-0.3, -0.25) is 4.52 Å². The molecule has 3 unspecified atom stereocenters. The number of rotatable bonds is 10. The van der Waals surface area contributed by atoms with Gasteiger partial charge in [0.1, 0.15) is 6.10 Å². The molecule has 0 saturated heterocycles. The maximum Gasteiger partial charge on any atom is 0.469 e. The Morgan fingerprint density at radius 1 is 1.10 bits per heavy atom. The summed E-state index contributed by atoms with van der Waals surface area (Å²) >= 11 is 13.2. The van der Waals surface area contributed by atoms with Crippen molar-refractivity contribution in [3.63, 3.8) is 0 Å². The van der Waals surface area contributed by atoms with Crippen LogP contribution in [0.5, 0.6) is 0 Å². The van der Waals surface area contributed by atoms with Gasteiger partial charge < -0.3 is 20.0 Å². The highest BCUT2D eigenvalue weighted by molar-refractivity contribution is 9.12. The molecule has 0 fully saturated rings. The summed E-state index contributed by atoms with van der Waals surface area (Å²) in [7, 11) is -4.68. The summed E-state index contributed by atoms with van der Waals surface area (Å²) in [5.41, 5.74) is -1.54. The van der Waals surface area contributed by atoms with Gasteiger partial charge in [-0.05, 0) is 12.8 Å². The van der Waals surface area contributed by atoms with Gasteiger partial charge in [0.25, 0.3) is 0 Å². The summed E-state index contributed by atoms with van der Waals surface area (Å²) in [5, 5.41) is 21.7. The summed E-state index contributed by atoms with van der Waals surface area (Å²) in [4.78, 5) is 17.1. The number of aliphatic hydroxyl groups is 2. The van der Waals surface area contributed by atoms with Crippen molar-refractivity contribution in [1.29, 1.82) is 0 Å². The van der Waals surface area contributed by atoms with Gasteiger partial charge >= 0.3 is 7.82 Å². The molecule has 20 heavy (non-hydrogen) atoms. The fraction of sp³-hybridized carbons (Fsp3) is 1.00. The van der Waals surface area contributed by atoms with E-state index >= 15 is 0 Å². The Morgan fingerprint density at radius 3 is 1.80 bits per heavy atom. The summed E-state index contributed by atoms with van der Waals surface area (Å²) in [6, 6.07) is 0. The molecule has 0 amide bonds. The molecule has 0 spiro atoms. The molecular formula is C9H17Br4O6P. The lowest BCUT2D eigenvalue weighted by Crippen LogP contribution is -2.48. The number of hydrogen-bond donors (Lipinski definition) is 4. The van der Waals surface area contributed by atoms with Gasteiger partial charge in [-0.15, -0.1) is 0 Å². The molecule has 0 aliphatic carbocycles. The fourth-order valence-corrected chi connectivity index (χ4v) is 3.47. The molecule has 4 N–H and O–H groups in total. The van der Waals surface area contributed by atoms with Crippen LogP contribution in [0.2, 0.25) is 0 Å². The largest absolute Gasteiger partial charge is 0.469 e. The third-order valence-corrected chi connectivity index (χ3v) is 7.59. The van der Waals surface area contributed by atoms with Crippen LogP contribution in [-0.2, 0) is 9.09 Å². The zero-order valence-corrected chi connectivity index (χ0v) is 17.6. The van der Waals surface area contributed by atoms with Crippen LogP contribution in [0.15, 0.2) is 0 Å². The van der Waals surface area contributed by atoms with Gasteiger partial charge in [0.2, 0.25) is 0 Å². The Hall–Kier alpha value is 1.95. The molecule has 0 aliphatic heterocycles. The minimum atomic E-state index is -4.68. The van der Waals surface area contributed by atoms with Crippen LogP contribution < -0.4 is 0 Å². The van der Waals surface area contributed by atoms with Crippen molar-refractivity contribution in [2.75, 3.05) is 17.3 Å². The van der Waals surface area contributed by atoms with E-state index in [9.17, 15) is 14.8 Å². The predicted molar refractivity (Wildman–Crippen MR) is 91.2 cm³/mol. The first-order valence-electron chi connectivity index (χ1n) is 5.54. The lowest BCUT2D eigenvalue weighted by Gasteiger charge is -2.35. The van der Waals surface area contributed by atoms with E-state index in [1.54, 1.807) is 0 Å². The maximum atomic E-state index is 10.7. The molecule has 0 heterocycles. The second kappa shape index (κ2) is 9.95. The quantitative estimate of drug-likeness (QED) is 0.237. The van der Waals surface area contributed by atoms with E-state index in [1.807, 2.05) is 0 Å². The van der Waals surface area contributed by atoms with Gasteiger partial charge in [0.05, 0.1) is 12.2 Å². The average Bonchev–Trinajstić information content (AvgIpc) is 2.34. The predicted octanol–water partition coefficient (Wildman–Crippen LogP) is 2.28. The molecule has 0 aromatic carbocycles. The van der Waals surface area contributed by atoms with Crippen LogP contribution in [0.1, 0.15) is 12.8 Å². The molecule has 6 nitrogen and oxygen atoms in total. The van der Waals surface area contributed by atoms with Crippen LogP contribution >= 0.6 is 71.5 Å². The minimum Gasteiger partial charge on any atom is -0.388 e. The van der Waals surface area contributed by atoms with Crippen LogP contribution in [0.3, 0.4) is 0 Å². The normalized spacial score (nSPS) is 20.2. The number of phosphoric acid groups is 1. The zero-order valence-electron chi connectivity index (χ0n) is 10.3. The standard InChI is InChI=1S/C9H17Br4O6P/c10-3-6(12)1-9(15,2-7(13)4-11)8(14)5-19-20(16,17)18/h6-8,14-15H,1-5H2,(H2,16,17,18). The van der Waals surface area contributed by atoms with Crippen molar-refractivity contribution in [3.8, 4) is 0 Å². The molecule has 0 aromatic rings. The van der Waals surface area contributed by atoms with Crippen molar-refractivity contribution >= 4 is 71.5 Å². The molecular weight excluding hydrogens is 555 g/mol. The number of phosphoric ester groups is 1. The molecule has 0 bridgehead atoms. The highest BCUT2D eigenvalue weighted by Gasteiger charge is 2.39. The van der Waals surface area contributed by atoms with Gasteiger partial charge in [-0.1, -0.05) is 63.7 Å². The van der Waals surface area contributed by atoms with Crippen molar-refractivity contribution in [2.45, 2.75) is 34.2 Å². The topological polar surface area (TPSA) is 107 Å². The third kappa shape index (κ3) is 9.17. The first kappa shape index (κ1) is 21.9. The van der Waals surface area contributed by atoms with Crippen LogP contribution in [0, 0.1) is 0 Å². The van der Waals surface area contributed by atoms with E-state index in [0.717, 1.165) is 0 Å². The highest BCUT2D eigenvalue weighted by Crippen LogP contribution is 2.38. The van der Waals surface area contributed by atoms with Crippen molar-refractivity contribution in [3.05, 3.63) is 0 Å². The molecule has 0 radical (unpaired) electrons. The molecule has 122 valence electrons. The SMILES string of the molecule is O=P(O)(O)OCC(O)C(O)(CC(Br)CBr)CC(Br)CBr. The van der Waals surface area contributed by atoms with E-state index in [1.165, 1.54) is 0 Å². The fourth-order valence-electron chi connectivity index (χ4n) is 1.55. The first-order valence-corrected chi connectivity index (χ1v) is 11.1. The summed E-state index contributed by atoms with van der Waals surface area (Å²) in [5.74, 6) is 0. The second-order valence-electron chi connectivity index (χ2n) is 4.32. The third-order valence-electron chi connectivity index (χ3n) is 2.51. The number of halogens is 4. The second-order valence-corrected chi connectivity index (χ2v) is 9.44. The molecule has 0 aliphatic rings. The van der Waals surface area contributed by atoms with Crippen molar-refractivity contribution in [2.24, 2.45) is 0 Å². The van der Waals surface area contributed by atoms with Crippen LogP contribution in [-0.4, -0.2) is 58.6 Å². The van der Waals surface area contributed by atoms with Gasteiger partial charge in [0, 0.05) is 20.3 Å². The lowest BCUT2D eigenvalue weighted by molar-refractivity contribution is -0.101. The monoisotopic (exact) mass is 568 g/mol. The maximum absolute atomic E-state index is 10.7. The number of hydrogen-bond acceptors (Lipinski definition) is 4. The smallest absolute Gasteiger partial charge is 0.388 e. The zero-order chi connectivity index (χ0) is 16.0. The Labute approximate surface area is 151 Å². The Balaban J connectivity index is 4.84. The van der Waals surface area contributed by atoms with E-state index in [-0.39, 0.29) is 22.5 Å². The van der Waals surface area contributed by atoms with Crippen LogP contribution in [0.4, 0.5) is 0 Å². The summed E-state index contributed by atoms with van der Waals surface area (Å²) in [6.07, 6.45) is -1.04. The average molecular weight is 572 g/mol. The van der Waals surface area contributed by atoms with Crippen molar-refractivity contribution in [1.82, 2.24) is 0 Å². The molecule has 0 aromatic heterocycles. The van der Waals surface area contributed by atoms with Gasteiger partial charge in [0.15, 0.2) is 0 Å². The Morgan fingerprint density at radius 2 is 1.50 bits per heavy atom. The van der Waals surface area contributed by atoms with Gasteiger partial charge in [-0.2, -0.15) is 0 Å². The van der Waals surface area contributed by atoms with Gasteiger partial charge in [-0.25, -0.2) is 4.57 Å².